The zero-order valence-electron chi connectivity index (χ0n) is 9.04. The number of carbonyl (C=O) groups excluding carboxylic acids is 1. The fourth-order valence-corrected chi connectivity index (χ4v) is 1.39. The van der Waals surface area contributed by atoms with Gasteiger partial charge in [0.15, 0.2) is 0 Å². The summed E-state index contributed by atoms with van der Waals surface area (Å²) < 4.78 is 0. The number of anilines is 1. The number of H-pyrrole nitrogens is 1. The quantitative estimate of drug-likeness (QED) is 0.791. The van der Waals surface area contributed by atoms with Crippen molar-refractivity contribution in [1.82, 2.24) is 4.98 Å². The topological polar surface area (TPSA) is 62.0 Å². The molecule has 1 aromatic rings. The summed E-state index contributed by atoms with van der Waals surface area (Å²) in [7, 11) is 0. The van der Waals surface area contributed by atoms with Crippen LogP contribution in [0.4, 0.5) is 5.69 Å². The Morgan fingerprint density at radius 2 is 2.07 bits per heavy atom. The second kappa shape index (κ2) is 5.34. The molecule has 0 aliphatic heterocycles. The van der Waals surface area contributed by atoms with E-state index >= 15 is 0 Å². The molecule has 1 rings (SSSR count). The smallest absolute Gasteiger partial charge is 0.248 e. The Hall–Kier alpha value is -1.58. The molecule has 1 amide bonds. The van der Waals surface area contributed by atoms with Crippen LogP contribution in [0.25, 0.3) is 0 Å². The van der Waals surface area contributed by atoms with Gasteiger partial charge >= 0.3 is 0 Å². The third kappa shape index (κ3) is 3.23. The van der Waals surface area contributed by atoms with E-state index in [1.807, 2.05) is 13.8 Å². The predicted molar refractivity (Wildman–Crippen MR) is 59.8 cm³/mol. The largest absolute Gasteiger partial charge is 0.327 e. The Morgan fingerprint density at radius 3 is 2.53 bits per heavy atom. The normalized spacial score (nSPS) is 10.3. The van der Waals surface area contributed by atoms with E-state index in [9.17, 15) is 9.59 Å². The molecule has 0 atom stereocenters. The van der Waals surface area contributed by atoms with Crippen molar-refractivity contribution in [3.8, 4) is 0 Å². The highest BCUT2D eigenvalue weighted by atomic mass is 16.2. The number of aromatic nitrogens is 1. The van der Waals surface area contributed by atoms with Gasteiger partial charge in [-0.1, -0.05) is 13.8 Å². The number of carbonyl (C=O) groups is 1. The molecule has 0 saturated carbocycles. The van der Waals surface area contributed by atoms with Gasteiger partial charge < -0.3 is 10.3 Å². The second-order valence-corrected chi connectivity index (χ2v) is 3.44. The minimum Gasteiger partial charge on any atom is -0.327 e. The van der Waals surface area contributed by atoms with E-state index in [1.54, 1.807) is 6.07 Å². The van der Waals surface area contributed by atoms with Gasteiger partial charge in [0.25, 0.3) is 0 Å². The lowest BCUT2D eigenvalue weighted by molar-refractivity contribution is -0.120. The van der Waals surface area contributed by atoms with Crippen LogP contribution >= 0.6 is 0 Å². The van der Waals surface area contributed by atoms with Crippen LogP contribution in [0.5, 0.6) is 0 Å². The van der Waals surface area contributed by atoms with Crippen molar-refractivity contribution >= 4 is 11.6 Å². The number of pyridine rings is 1. The molecule has 0 aliphatic rings. The Kier molecular flexibility index (Phi) is 4.09. The van der Waals surface area contributed by atoms with Crippen molar-refractivity contribution in [2.45, 2.75) is 26.7 Å². The fourth-order valence-electron chi connectivity index (χ4n) is 1.39. The van der Waals surface area contributed by atoms with Gasteiger partial charge in [-0.05, 0) is 18.9 Å². The summed E-state index contributed by atoms with van der Waals surface area (Å²) in [6.07, 6.45) is 3.15. The van der Waals surface area contributed by atoms with Gasteiger partial charge in [-0.15, -0.1) is 0 Å². The van der Waals surface area contributed by atoms with Gasteiger partial charge in [0.05, 0.1) is 5.69 Å². The van der Waals surface area contributed by atoms with Gasteiger partial charge in [0.1, 0.15) is 0 Å². The van der Waals surface area contributed by atoms with Gasteiger partial charge in [0, 0.05) is 18.2 Å². The second-order valence-electron chi connectivity index (χ2n) is 3.44. The maximum atomic E-state index is 11.7. The summed E-state index contributed by atoms with van der Waals surface area (Å²) in [4.78, 5) is 25.0. The van der Waals surface area contributed by atoms with Gasteiger partial charge in [0.2, 0.25) is 11.5 Å². The molecule has 1 aromatic heterocycles. The van der Waals surface area contributed by atoms with E-state index in [0.29, 0.717) is 5.69 Å². The lowest BCUT2D eigenvalue weighted by Gasteiger charge is -2.12. The van der Waals surface area contributed by atoms with E-state index in [-0.39, 0.29) is 17.4 Å². The number of rotatable bonds is 4. The summed E-state index contributed by atoms with van der Waals surface area (Å²) >= 11 is 0. The highest BCUT2D eigenvalue weighted by Crippen LogP contribution is 2.11. The van der Waals surface area contributed by atoms with E-state index in [1.165, 1.54) is 12.3 Å². The first-order valence-electron chi connectivity index (χ1n) is 5.17. The molecule has 4 heteroatoms. The monoisotopic (exact) mass is 208 g/mol. The lowest BCUT2D eigenvalue weighted by atomic mass is 10.0. The van der Waals surface area contributed by atoms with E-state index in [2.05, 4.69) is 10.3 Å². The molecule has 4 nitrogen and oxygen atoms in total. The molecule has 15 heavy (non-hydrogen) atoms. The number of hydrogen-bond acceptors (Lipinski definition) is 2. The van der Waals surface area contributed by atoms with Crippen LogP contribution in [0.15, 0.2) is 23.1 Å². The Morgan fingerprint density at radius 1 is 1.40 bits per heavy atom. The molecule has 0 fully saturated rings. The van der Waals surface area contributed by atoms with Crippen LogP contribution in [0, 0.1) is 5.92 Å². The molecule has 1 heterocycles. The van der Waals surface area contributed by atoms with Crippen molar-refractivity contribution in [1.29, 1.82) is 0 Å². The molecule has 0 aliphatic carbocycles. The average Bonchev–Trinajstić information content (AvgIpc) is 2.23. The maximum absolute atomic E-state index is 11.7. The first kappa shape index (κ1) is 11.5. The van der Waals surface area contributed by atoms with Gasteiger partial charge in [-0.2, -0.15) is 0 Å². The fraction of sp³-hybridized carbons (Fsp3) is 0.455. The number of nitrogens with one attached hydrogen (secondary N) is 2. The van der Waals surface area contributed by atoms with Crippen molar-refractivity contribution in [3.63, 3.8) is 0 Å². The summed E-state index contributed by atoms with van der Waals surface area (Å²) in [5.41, 5.74) is 0.460. The first-order chi connectivity index (χ1) is 7.17. The molecule has 2 N–H and O–H groups in total. The number of amides is 1. The van der Waals surface area contributed by atoms with Crippen molar-refractivity contribution in [2.75, 3.05) is 5.32 Å². The minimum absolute atomic E-state index is 0.00653. The summed E-state index contributed by atoms with van der Waals surface area (Å²) in [6.45, 7) is 3.97. The molecule has 82 valence electrons. The number of hydrogen-bond donors (Lipinski definition) is 2. The summed E-state index contributed by atoms with van der Waals surface area (Å²) in [5, 5.41) is 2.76. The number of aromatic amines is 1. The summed E-state index contributed by atoms with van der Waals surface area (Å²) in [5.74, 6) is 0.0453. The maximum Gasteiger partial charge on any atom is 0.248 e. The molecule has 0 bridgehead atoms. The standard InChI is InChI=1S/C11H16N2O2/c1-3-8(4-2)11(15)13-9-5-6-10(14)12-7-9/h5-8H,3-4H2,1-2H3,(H,12,14)(H,13,15). The zero-order chi connectivity index (χ0) is 11.3. The van der Waals surface area contributed by atoms with E-state index < -0.39 is 0 Å². The Labute approximate surface area is 88.7 Å². The average molecular weight is 208 g/mol. The SMILES string of the molecule is CCC(CC)C(=O)Nc1ccc(=O)[nH]c1. The molecule has 0 aromatic carbocycles. The van der Waals surface area contributed by atoms with E-state index in [4.69, 9.17) is 0 Å². The lowest BCUT2D eigenvalue weighted by Crippen LogP contribution is -2.22. The molecule has 0 radical (unpaired) electrons. The summed E-state index contributed by atoms with van der Waals surface area (Å²) in [6, 6.07) is 2.99. The van der Waals surface area contributed by atoms with Crippen LogP contribution in [0.2, 0.25) is 0 Å². The van der Waals surface area contributed by atoms with Crippen LogP contribution in [-0.2, 0) is 4.79 Å². The van der Waals surface area contributed by atoms with Crippen molar-refractivity contribution in [3.05, 3.63) is 28.7 Å². The van der Waals surface area contributed by atoms with Gasteiger partial charge in [-0.3, -0.25) is 9.59 Å². The van der Waals surface area contributed by atoms with Crippen LogP contribution in [0.3, 0.4) is 0 Å². The molecule has 0 saturated heterocycles. The highest BCUT2D eigenvalue weighted by molar-refractivity contribution is 5.92. The third-order valence-corrected chi connectivity index (χ3v) is 2.41. The van der Waals surface area contributed by atoms with E-state index in [0.717, 1.165) is 12.8 Å². The Bertz CT molecular complexity index is 360. The van der Waals surface area contributed by atoms with Gasteiger partial charge in [-0.25, -0.2) is 0 Å². The molecular weight excluding hydrogens is 192 g/mol. The predicted octanol–water partition coefficient (Wildman–Crippen LogP) is 1.75. The van der Waals surface area contributed by atoms with Crippen molar-refractivity contribution in [2.24, 2.45) is 5.92 Å². The third-order valence-electron chi connectivity index (χ3n) is 2.41. The molecule has 0 unspecified atom stereocenters. The van der Waals surface area contributed by atoms with Crippen LogP contribution in [-0.4, -0.2) is 10.9 Å². The molecular formula is C11H16N2O2. The first-order valence-corrected chi connectivity index (χ1v) is 5.17. The Balaban J connectivity index is 2.65. The minimum atomic E-state index is -0.171. The molecule has 0 spiro atoms. The van der Waals surface area contributed by atoms with Crippen molar-refractivity contribution < 1.29 is 4.79 Å². The zero-order valence-corrected chi connectivity index (χ0v) is 9.04. The van der Waals surface area contributed by atoms with Crippen LogP contribution < -0.4 is 10.9 Å². The van der Waals surface area contributed by atoms with Crippen LogP contribution in [0.1, 0.15) is 26.7 Å². The highest BCUT2D eigenvalue weighted by Gasteiger charge is 2.13.